The number of rotatable bonds is 8. The molecular formula is C21H20Cl2N4O4. The monoisotopic (exact) mass is 462 g/mol. The first-order chi connectivity index (χ1) is 14.8. The Bertz CT molecular complexity index is 1020. The fourth-order valence-corrected chi connectivity index (χ4v) is 3.10. The molecule has 0 saturated heterocycles. The van der Waals surface area contributed by atoms with Gasteiger partial charge in [0.25, 0.3) is 11.8 Å². The maximum Gasteiger partial charge on any atom is 0.253 e. The fourth-order valence-electron chi connectivity index (χ4n) is 2.61. The number of amides is 4. The van der Waals surface area contributed by atoms with E-state index < -0.39 is 17.7 Å². The molecule has 2 aromatic rings. The number of halogens is 2. The highest BCUT2D eigenvalue weighted by molar-refractivity contribution is 6.36. The summed E-state index contributed by atoms with van der Waals surface area (Å²) in [4.78, 5) is 48.2. The molecule has 0 atom stereocenters. The molecule has 2 aromatic carbocycles. The standard InChI is InChI=1S/C21H20Cl2N4O4/c22-13-4-7-16(17(23)9-13)21(31)25-10-18(28)24-11-19(29)26-15-3-1-2-12(8-15)20(30)27-14-5-6-14/h1-4,7-9,14H,5-6,10-11H2,(H,24,28)(H,25,31)(H,26,29)(H,27,30). The van der Waals surface area contributed by atoms with E-state index in [1.165, 1.54) is 18.2 Å². The average Bonchev–Trinajstić information content (AvgIpc) is 3.54. The van der Waals surface area contributed by atoms with Crippen LogP contribution >= 0.6 is 23.2 Å². The predicted molar refractivity (Wildman–Crippen MR) is 117 cm³/mol. The number of carbonyl (C=O) groups excluding carboxylic acids is 4. The van der Waals surface area contributed by atoms with E-state index in [-0.39, 0.29) is 35.6 Å². The molecule has 0 aliphatic heterocycles. The van der Waals surface area contributed by atoms with Crippen molar-refractivity contribution in [2.75, 3.05) is 18.4 Å². The van der Waals surface area contributed by atoms with Crippen LogP contribution in [0.2, 0.25) is 10.0 Å². The van der Waals surface area contributed by atoms with Crippen molar-refractivity contribution in [1.82, 2.24) is 16.0 Å². The molecule has 8 nitrogen and oxygen atoms in total. The third-order valence-corrected chi connectivity index (χ3v) is 4.90. The smallest absolute Gasteiger partial charge is 0.253 e. The zero-order valence-corrected chi connectivity index (χ0v) is 17.8. The molecule has 0 spiro atoms. The van der Waals surface area contributed by atoms with Crippen molar-refractivity contribution in [1.29, 1.82) is 0 Å². The highest BCUT2D eigenvalue weighted by atomic mass is 35.5. The van der Waals surface area contributed by atoms with E-state index in [2.05, 4.69) is 21.3 Å². The topological polar surface area (TPSA) is 116 Å². The van der Waals surface area contributed by atoms with E-state index in [1.807, 2.05) is 0 Å². The summed E-state index contributed by atoms with van der Waals surface area (Å²) < 4.78 is 0. The third-order valence-electron chi connectivity index (χ3n) is 4.35. The molecule has 0 bridgehead atoms. The van der Waals surface area contributed by atoms with Gasteiger partial charge in [-0.1, -0.05) is 29.3 Å². The van der Waals surface area contributed by atoms with Crippen molar-refractivity contribution >= 4 is 52.5 Å². The van der Waals surface area contributed by atoms with Crippen LogP contribution in [0, 0.1) is 0 Å². The Kier molecular flexibility index (Phi) is 7.49. The van der Waals surface area contributed by atoms with E-state index in [4.69, 9.17) is 23.2 Å². The molecule has 10 heteroatoms. The molecule has 0 radical (unpaired) electrons. The van der Waals surface area contributed by atoms with Gasteiger partial charge in [0.1, 0.15) is 0 Å². The van der Waals surface area contributed by atoms with Crippen LogP contribution in [0.5, 0.6) is 0 Å². The van der Waals surface area contributed by atoms with Crippen LogP contribution < -0.4 is 21.3 Å². The highest BCUT2D eigenvalue weighted by Gasteiger charge is 2.23. The molecule has 0 unspecified atom stereocenters. The van der Waals surface area contributed by atoms with Crippen LogP contribution in [0.15, 0.2) is 42.5 Å². The van der Waals surface area contributed by atoms with Crippen LogP contribution in [0.4, 0.5) is 5.69 Å². The quantitative estimate of drug-likeness (QED) is 0.481. The third kappa shape index (κ3) is 6.97. The lowest BCUT2D eigenvalue weighted by Gasteiger charge is -2.10. The van der Waals surface area contributed by atoms with Crippen LogP contribution in [0.1, 0.15) is 33.6 Å². The van der Waals surface area contributed by atoms with Gasteiger partial charge in [-0.05, 0) is 49.2 Å². The second-order valence-electron chi connectivity index (χ2n) is 6.96. The maximum atomic E-state index is 12.1. The molecule has 31 heavy (non-hydrogen) atoms. The van der Waals surface area contributed by atoms with Gasteiger partial charge in [-0.25, -0.2) is 0 Å². The largest absolute Gasteiger partial charge is 0.349 e. The number of anilines is 1. The zero-order chi connectivity index (χ0) is 22.4. The van der Waals surface area contributed by atoms with Gasteiger partial charge in [0.05, 0.1) is 23.7 Å². The summed E-state index contributed by atoms with van der Waals surface area (Å²) in [7, 11) is 0. The summed E-state index contributed by atoms with van der Waals surface area (Å²) in [6.07, 6.45) is 1.96. The predicted octanol–water partition coefficient (Wildman–Crippen LogP) is 2.37. The summed E-state index contributed by atoms with van der Waals surface area (Å²) in [5.41, 5.74) is 1.06. The van der Waals surface area contributed by atoms with E-state index in [1.54, 1.807) is 24.3 Å². The summed E-state index contributed by atoms with van der Waals surface area (Å²) in [6, 6.07) is 11.1. The van der Waals surface area contributed by atoms with E-state index >= 15 is 0 Å². The Labute approximate surface area is 188 Å². The number of nitrogens with one attached hydrogen (secondary N) is 4. The van der Waals surface area contributed by atoms with Crippen molar-refractivity contribution in [2.24, 2.45) is 0 Å². The highest BCUT2D eigenvalue weighted by Crippen LogP contribution is 2.21. The number of hydrogen-bond donors (Lipinski definition) is 4. The van der Waals surface area contributed by atoms with Gasteiger partial charge >= 0.3 is 0 Å². The normalized spacial score (nSPS) is 12.6. The number of carbonyl (C=O) groups is 4. The first-order valence-corrected chi connectivity index (χ1v) is 10.3. The minimum absolute atomic E-state index is 0.165. The Morgan fingerprint density at radius 1 is 0.871 bits per heavy atom. The van der Waals surface area contributed by atoms with Crippen molar-refractivity contribution in [3.63, 3.8) is 0 Å². The summed E-state index contributed by atoms with van der Waals surface area (Å²) >= 11 is 11.7. The summed E-state index contributed by atoms with van der Waals surface area (Å²) in [5, 5.41) is 10.9. The Hall–Kier alpha value is -3.10. The van der Waals surface area contributed by atoms with Gasteiger partial charge in [-0.3, -0.25) is 19.2 Å². The second-order valence-corrected chi connectivity index (χ2v) is 7.80. The number of benzene rings is 2. The van der Waals surface area contributed by atoms with Crippen LogP contribution in [0.25, 0.3) is 0 Å². The van der Waals surface area contributed by atoms with Gasteiger partial charge < -0.3 is 21.3 Å². The maximum absolute atomic E-state index is 12.1. The van der Waals surface area contributed by atoms with Crippen molar-refractivity contribution in [2.45, 2.75) is 18.9 Å². The molecule has 0 heterocycles. The minimum atomic E-state index is -0.550. The Morgan fingerprint density at radius 2 is 1.61 bits per heavy atom. The average molecular weight is 463 g/mol. The lowest BCUT2D eigenvalue weighted by atomic mass is 10.2. The Balaban J connectivity index is 1.42. The van der Waals surface area contributed by atoms with Gasteiger partial charge in [0.2, 0.25) is 11.8 Å². The van der Waals surface area contributed by atoms with Gasteiger partial charge in [-0.2, -0.15) is 0 Å². The van der Waals surface area contributed by atoms with Crippen molar-refractivity contribution < 1.29 is 19.2 Å². The molecule has 1 aliphatic carbocycles. The van der Waals surface area contributed by atoms with Crippen molar-refractivity contribution in [3.05, 3.63) is 63.6 Å². The molecule has 4 N–H and O–H groups in total. The second kappa shape index (κ2) is 10.3. The SMILES string of the molecule is O=C(CNC(=O)c1ccc(Cl)cc1Cl)NCC(=O)Nc1cccc(C(=O)NC2CC2)c1. The molecule has 4 amide bonds. The van der Waals surface area contributed by atoms with Gasteiger partial charge in [-0.15, -0.1) is 0 Å². The number of hydrogen-bond acceptors (Lipinski definition) is 4. The van der Waals surface area contributed by atoms with E-state index in [9.17, 15) is 19.2 Å². The van der Waals surface area contributed by atoms with Crippen LogP contribution in [-0.4, -0.2) is 42.8 Å². The van der Waals surface area contributed by atoms with Crippen LogP contribution in [0.3, 0.4) is 0 Å². The van der Waals surface area contributed by atoms with Gasteiger partial charge in [0.15, 0.2) is 0 Å². The molecule has 162 valence electrons. The molecule has 1 fully saturated rings. The summed E-state index contributed by atoms with van der Waals surface area (Å²) in [5.74, 6) is -1.75. The molecule has 0 aromatic heterocycles. The lowest BCUT2D eigenvalue weighted by molar-refractivity contribution is -0.123. The first kappa shape index (κ1) is 22.6. The molecule has 1 saturated carbocycles. The fraction of sp³-hybridized carbons (Fsp3) is 0.238. The zero-order valence-electron chi connectivity index (χ0n) is 16.3. The minimum Gasteiger partial charge on any atom is -0.349 e. The van der Waals surface area contributed by atoms with Crippen LogP contribution in [-0.2, 0) is 9.59 Å². The molecule has 1 aliphatic rings. The Morgan fingerprint density at radius 3 is 2.32 bits per heavy atom. The lowest BCUT2D eigenvalue weighted by Crippen LogP contribution is -2.40. The summed E-state index contributed by atoms with van der Waals surface area (Å²) in [6.45, 7) is -0.628. The first-order valence-electron chi connectivity index (χ1n) is 9.52. The van der Waals surface area contributed by atoms with Gasteiger partial charge in [0, 0.05) is 22.3 Å². The molecule has 3 rings (SSSR count). The van der Waals surface area contributed by atoms with Crippen molar-refractivity contribution in [3.8, 4) is 0 Å². The van der Waals surface area contributed by atoms with E-state index in [0.29, 0.717) is 16.3 Å². The molecular weight excluding hydrogens is 443 g/mol. The van der Waals surface area contributed by atoms with E-state index in [0.717, 1.165) is 12.8 Å².